The molecule has 0 fully saturated rings. The van der Waals surface area contributed by atoms with Gasteiger partial charge in [-0.1, -0.05) is 12.1 Å². The molecule has 3 N–H and O–H groups in total. The third kappa shape index (κ3) is 2.85. The van der Waals surface area contributed by atoms with E-state index in [4.69, 9.17) is 5.73 Å². The summed E-state index contributed by atoms with van der Waals surface area (Å²) in [5, 5.41) is 3.29. The molecule has 0 amide bonds. The van der Waals surface area contributed by atoms with Crippen LogP contribution >= 0.6 is 0 Å². The number of benzene rings is 1. The molecule has 1 heterocycles. The molecule has 90 valence electrons. The molecular formula is C13H18N4. The maximum atomic E-state index is 5.52. The van der Waals surface area contributed by atoms with Gasteiger partial charge in [-0.15, -0.1) is 0 Å². The lowest BCUT2D eigenvalue weighted by atomic mass is 10.1. The van der Waals surface area contributed by atoms with Crippen molar-refractivity contribution in [3.05, 3.63) is 42.2 Å². The summed E-state index contributed by atoms with van der Waals surface area (Å²) < 4.78 is 2.06. The van der Waals surface area contributed by atoms with E-state index in [1.165, 1.54) is 5.56 Å². The minimum absolute atomic E-state index is 0.688. The summed E-state index contributed by atoms with van der Waals surface area (Å²) in [6.07, 6.45) is 4.68. The quantitative estimate of drug-likeness (QED) is 0.827. The van der Waals surface area contributed by atoms with E-state index < -0.39 is 0 Å². The van der Waals surface area contributed by atoms with Gasteiger partial charge in [-0.2, -0.15) is 0 Å². The van der Waals surface area contributed by atoms with E-state index in [0.29, 0.717) is 6.54 Å². The minimum Gasteiger partial charge on any atom is -0.330 e. The fourth-order valence-corrected chi connectivity index (χ4v) is 1.74. The van der Waals surface area contributed by atoms with Crippen molar-refractivity contribution in [2.45, 2.75) is 19.9 Å². The maximum absolute atomic E-state index is 5.52. The summed E-state index contributed by atoms with van der Waals surface area (Å²) in [6, 6.07) is 8.29. The Bertz CT molecular complexity index is 459. The van der Waals surface area contributed by atoms with Gasteiger partial charge in [0, 0.05) is 24.6 Å². The van der Waals surface area contributed by atoms with Crippen molar-refractivity contribution < 1.29 is 0 Å². The number of nitrogens with zero attached hydrogens (tertiary/aromatic N) is 2. The molecule has 0 spiro atoms. The Labute approximate surface area is 101 Å². The third-order valence-electron chi connectivity index (χ3n) is 2.70. The Kier molecular flexibility index (Phi) is 3.77. The van der Waals surface area contributed by atoms with Crippen molar-refractivity contribution in [2.75, 3.05) is 11.9 Å². The lowest BCUT2D eigenvalue weighted by molar-refractivity contribution is 0.772. The van der Waals surface area contributed by atoms with Crippen molar-refractivity contribution >= 4 is 11.6 Å². The topological polar surface area (TPSA) is 55.9 Å². The van der Waals surface area contributed by atoms with E-state index in [-0.39, 0.29) is 0 Å². The molecule has 0 atom stereocenters. The number of rotatable bonds is 5. The summed E-state index contributed by atoms with van der Waals surface area (Å²) in [5.74, 6) is 0.874. The fraction of sp³-hybridized carbons (Fsp3) is 0.308. The second-order valence-electron chi connectivity index (χ2n) is 3.90. The molecule has 0 aliphatic heterocycles. The van der Waals surface area contributed by atoms with E-state index >= 15 is 0 Å². The third-order valence-corrected chi connectivity index (χ3v) is 2.70. The van der Waals surface area contributed by atoms with Crippen molar-refractivity contribution in [3.8, 4) is 0 Å². The summed E-state index contributed by atoms with van der Waals surface area (Å²) in [5.41, 5.74) is 7.83. The van der Waals surface area contributed by atoms with Gasteiger partial charge >= 0.3 is 0 Å². The Hall–Kier alpha value is -1.81. The van der Waals surface area contributed by atoms with Crippen LogP contribution in [0, 0.1) is 0 Å². The minimum atomic E-state index is 0.688. The number of nitrogens with two attached hydrogens (primary N) is 1. The average Bonchev–Trinajstić information content (AvgIpc) is 2.79. The molecule has 1 aromatic heterocycles. The van der Waals surface area contributed by atoms with E-state index in [0.717, 1.165) is 24.6 Å². The van der Waals surface area contributed by atoms with Gasteiger partial charge in [-0.3, -0.25) is 0 Å². The second-order valence-corrected chi connectivity index (χ2v) is 3.90. The molecule has 0 saturated carbocycles. The van der Waals surface area contributed by atoms with Crippen LogP contribution in [0.25, 0.3) is 0 Å². The van der Waals surface area contributed by atoms with Crippen LogP contribution in [-0.4, -0.2) is 16.1 Å². The predicted octanol–water partition coefficient (Wildman–Crippen LogP) is 2.15. The van der Waals surface area contributed by atoms with Gasteiger partial charge in [0.05, 0.1) is 0 Å². The largest absolute Gasteiger partial charge is 0.330 e. The normalized spacial score (nSPS) is 10.5. The Balaban J connectivity index is 2.08. The molecule has 0 bridgehead atoms. The van der Waals surface area contributed by atoms with E-state index in [9.17, 15) is 0 Å². The predicted molar refractivity (Wildman–Crippen MR) is 70.4 cm³/mol. The van der Waals surface area contributed by atoms with Gasteiger partial charge in [0.25, 0.3) is 0 Å². The Morgan fingerprint density at radius 2 is 2.06 bits per heavy atom. The summed E-state index contributed by atoms with van der Waals surface area (Å²) in [6.45, 7) is 3.69. The molecular weight excluding hydrogens is 212 g/mol. The van der Waals surface area contributed by atoms with Gasteiger partial charge in [0.1, 0.15) is 0 Å². The number of hydrogen-bond donors (Lipinski definition) is 2. The van der Waals surface area contributed by atoms with Crippen LogP contribution in [0.1, 0.15) is 12.5 Å². The van der Waals surface area contributed by atoms with Crippen LogP contribution in [0.2, 0.25) is 0 Å². The Morgan fingerprint density at radius 3 is 2.71 bits per heavy atom. The molecule has 4 heteroatoms. The zero-order valence-corrected chi connectivity index (χ0v) is 10.1. The number of aryl methyl sites for hydroxylation is 1. The monoisotopic (exact) mass is 230 g/mol. The Morgan fingerprint density at radius 1 is 1.29 bits per heavy atom. The number of anilines is 2. The molecule has 2 rings (SSSR count). The summed E-state index contributed by atoms with van der Waals surface area (Å²) >= 11 is 0. The summed E-state index contributed by atoms with van der Waals surface area (Å²) in [4.78, 5) is 4.27. The van der Waals surface area contributed by atoms with Crippen LogP contribution in [0.3, 0.4) is 0 Å². The molecule has 0 aliphatic carbocycles. The van der Waals surface area contributed by atoms with Crippen LogP contribution in [-0.2, 0) is 13.0 Å². The highest BCUT2D eigenvalue weighted by atomic mass is 15.2. The first-order valence-corrected chi connectivity index (χ1v) is 5.90. The molecule has 2 aromatic rings. The first-order valence-electron chi connectivity index (χ1n) is 5.90. The van der Waals surface area contributed by atoms with E-state index in [1.807, 2.05) is 6.20 Å². The lowest BCUT2D eigenvalue weighted by Crippen LogP contribution is -2.03. The molecule has 17 heavy (non-hydrogen) atoms. The van der Waals surface area contributed by atoms with Crippen molar-refractivity contribution in [1.29, 1.82) is 0 Å². The van der Waals surface area contributed by atoms with Gasteiger partial charge < -0.3 is 15.6 Å². The first kappa shape index (κ1) is 11.7. The highest BCUT2D eigenvalue weighted by Gasteiger charge is 2.01. The highest BCUT2D eigenvalue weighted by molar-refractivity contribution is 5.54. The van der Waals surface area contributed by atoms with Crippen molar-refractivity contribution in [3.63, 3.8) is 0 Å². The first-order chi connectivity index (χ1) is 8.33. The number of aromatic nitrogens is 2. The standard InChI is InChI=1S/C13H18N4/c1-2-17-10-9-15-13(17)16-12-5-3-11(4-6-12)7-8-14/h3-6,9-10H,2,7-8,14H2,1H3,(H,15,16). The second kappa shape index (κ2) is 5.50. The van der Waals surface area contributed by atoms with Crippen molar-refractivity contribution in [2.24, 2.45) is 5.73 Å². The van der Waals surface area contributed by atoms with Gasteiger partial charge in [0.2, 0.25) is 5.95 Å². The maximum Gasteiger partial charge on any atom is 0.207 e. The molecule has 0 aliphatic rings. The molecule has 0 unspecified atom stereocenters. The average molecular weight is 230 g/mol. The molecule has 0 saturated heterocycles. The zero-order valence-electron chi connectivity index (χ0n) is 10.1. The van der Waals surface area contributed by atoms with Crippen LogP contribution in [0.4, 0.5) is 11.6 Å². The zero-order chi connectivity index (χ0) is 12.1. The number of imidazole rings is 1. The number of hydrogen-bond acceptors (Lipinski definition) is 3. The summed E-state index contributed by atoms with van der Waals surface area (Å²) in [7, 11) is 0. The SMILES string of the molecule is CCn1ccnc1Nc1ccc(CCN)cc1. The van der Waals surface area contributed by atoms with Gasteiger partial charge in [-0.25, -0.2) is 4.98 Å². The van der Waals surface area contributed by atoms with E-state index in [2.05, 4.69) is 46.1 Å². The molecule has 4 nitrogen and oxygen atoms in total. The highest BCUT2D eigenvalue weighted by Crippen LogP contribution is 2.15. The molecule has 1 aromatic carbocycles. The van der Waals surface area contributed by atoms with Crippen LogP contribution in [0.5, 0.6) is 0 Å². The fourth-order valence-electron chi connectivity index (χ4n) is 1.74. The smallest absolute Gasteiger partial charge is 0.207 e. The van der Waals surface area contributed by atoms with E-state index in [1.54, 1.807) is 6.20 Å². The van der Waals surface area contributed by atoms with Crippen molar-refractivity contribution in [1.82, 2.24) is 9.55 Å². The number of nitrogens with one attached hydrogen (secondary N) is 1. The van der Waals surface area contributed by atoms with Gasteiger partial charge in [0.15, 0.2) is 0 Å². The lowest BCUT2D eigenvalue weighted by Gasteiger charge is -2.08. The van der Waals surface area contributed by atoms with Gasteiger partial charge in [-0.05, 0) is 37.6 Å². The molecule has 0 radical (unpaired) electrons. The van der Waals surface area contributed by atoms with Crippen LogP contribution < -0.4 is 11.1 Å². The van der Waals surface area contributed by atoms with Crippen LogP contribution in [0.15, 0.2) is 36.7 Å².